The average molecular weight is 393 g/mol. The summed E-state index contributed by atoms with van der Waals surface area (Å²) in [7, 11) is 1.52. The lowest BCUT2D eigenvalue weighted by atomic mass is 10.2. The molecule has 1 aromatic heterocycles. The highest BCUT2D eigenvalue weighted by atomic mass is 19.2. The summed E-state index contributed by atoms with van der Waals surface area (Å²) in [5, 5.41) is 2.89. The van der Waals surface area contributed by atoms with Crippen LogP contribution >= 0.6 is 0 Å². The van der Waals surface area contributed by atoms with Crippen molar-refractivity contribution in [1.82, 2.24) is 9.55 Å². The molecule has 1 heterocycles. The van der Waals surface area contributed by atoms with Crippen molar-refractivity contribution in [3.63, 3.8) is 0 Å². The first-order chi connectivity index (χ1) is 13.3. The third-order valence-corrected chi connectivity index (χ3v) is 4.03. The maximum Gasteiger partial charge on any atom is 0.310 e. The highest BCUT2D eigenvalue weighted by Crippen LogP contribution is 2.24. The van der Waals surface area contributed by atoms with E-state index >= 15 is 0 Å². The third-order valence-electron chi connectivity index (χ3n) is 4.03. The first-order valence-corrected chi connectivity index (χ1v) is 8.10. The average Bonchev–Trinajstić information content (AvgIpc) is 2.65. The Labute approximate surface area is 157 Å². The number of ether oxygens (including phenoxy) is 1. The summed E-state index contributed by atoms with van der Waals surface area (Å²) in [6, 6.07) is 6.66. The first kappa shape index (κ1) is 19.4. The van der Waals surface area contributed by atoms with Crippen molar-refractivity contribution in [1.29, 1.82) is 0 Å². The van der Waals surface area contributed by atoms with Gasteiger partial charge in [0.15, 0.2) is 17.5 Å². The summed E-state index contributed by atoms with van der Waals surface area (Å²) in [4.78, 5) is 15.3. The zero-order valence-electron chi connectivity index (χ0n) is 14.9. The van der Waals surface area contributed by atoms with Gasteiger partial charge in [-0.2, -0.15) is 9.37 Å². The standard InChI is InChI=1S/C19H15F4N3O2/c1-10-5-12(28-2)3-4-16(10)24-19-25-18(27)15(22)9-26(19)8-11-6-13(20)17(23)14(21)7-11/h3-7,9H,8H2,1-2H3,(H,24,25,27). The number of hydrogen-bond acceptors (Lipinski definition) is 4. The third kappa shape index (κ3) is 3.98. The highest BCUT2D eigenvalue weighted by molar-refractivity contribution is 5.60. The van der Waals surface area contributed by atoms with Gasteiger partial charge in [0.05, 0.1) is 13.7 Å². The lowest BCUT2D eigenvalue weighted by Gasteiger charge is -2.16. The lowest BCUT2D eigenvalue weighted by molar-refractivity contribution is 0.414. The van der Waals surface area contributed by atoms with E-state index in [1.165, 1.54) is 7.11 Å². The van der Waals surface area contributed by atoms with Crippen molar-refractivity contribution >= 4 is 11.6 Å². The number of rotatable bonds is 5. The van der Waals surface area contributed by atoms with E-state index in [1.54, 1.807) is 25.1 Å². The largest absolute Gasteiger partial charge is 0.497 e. The number of hydrogen-bond donors (Lipinski definition) is 1. The summed E-state index contributed by atoms with van der Waals surface area (Å²) in [5.74, 6) is -4.91. The number of nitrogens with one attached hydrogen (secondary N) is 1. The molecular formula is C19H15F4N3O2. The van der Waals surface area contributed by atoms with Gasteiger partial charge in [-0.25, -0.2) is 13.2 Å². The summed E-state index contributed by atoms with van der Waals surface area (Å²) in [5.41, 5.74) is 0.241. The Balaban J connectivity index is 2.00. The van der Waals surface area contributed by atoms with Crippen LogP contribution in [0.5, 0.6) is 5.75 Å². The van der Waals surface area contributed by atoms with Crippen LogP contribution in [0.2, 0.25) is 0 Å². The minimum absolute atomic E-state index is 0.0238. The van der Waals surface area contributed by atoms with E-state index in [-0.39, 0.29) is 18.1 Å². The van der Waals surface area contributed by atoms with Gasteiger partial charge < -0.3 is 14.6 Å². The smallest absolute Gasteiger partial charge is 0.310 e. The van der Waals surface area contributed by atoms with Crippen molar-refractivity contribution in [2.24, 2.45) is 0 Å². The molecule has 28 heavy (non-hydrogen) atoms. The second-order valence-electron chi connectivity index (χ2n) is 6.02. The Hall–Kier alpha value is -3.36. The summed E-state index contributed by atoms with van der Waals surface area (Å²) >= 11 is 0. The van der Waals surface area contributed by atoms with Crippen LogP contribution in [0.25, 0.3) is 0 Å². The molecule has 0 spiro atoms. The molecule has 0 aliphatic heterocycles. The van der Waals surface area contributed by atoms with Crippen LogP contribution in [-0.2, 0) is 6.54 Å². The van der Waals surface area contributed by atoms with Gasteiger partial charge in [-0.15, -0.1) is 0 Å². The molecular weight excluding hydrogens is 378 g/mol. The van der Waals surface area contributed by atoms with Crippen molar-refractivity contribution in [2.45, 2.75) is 13.5 Å². The second kappa shape index (κ2) is 7.71. The summed E-state index contributed by atoms with van der Waals surface area (Å²) < 4.78 is 60.1. The van der Waals surface area contributed by atoms with E-state index < -0.39 is 28.8 Å². The van der Waals surface area contributed by atoms with Crippen molar-refractivity contribution in [3.8, 4) is 5.75 Å². The van der Waals surface area contributed by atoms with Gasteiger partial charge in [-0.1, -0.05) is 0 Å². The minimum Gasteiger partial charge on any atom is -0.497 e. The van der Waals surface area contributed by atoms with E-state index in [1.807, 2.05) is 0 Å². The maximum absolute atomic E-state index is 13.8. The Bertz CT molecular complexity index is 1080. The van der Waals surface area contributed by atoms with E-state index in [0.29, 0.717) is 11.4 Å². The SMILES string of the molecule is COc1ccc(Nc2nc(=O)c(F)cn2Cc2cc(F)c(F)c(F)c2)c(C)c1. The van der Waals surface area contributed by atoms with Gasteiger partial charge in [0.25, 0.3) is 0 Å². The van der Waals surface area contributed by atoms with E-state index in [9.17, 15) is 22.4 Å². The molecule has 3 rings (SSSR count). The topological polar surface area (TPSA) is 56.1 Å². The molecule has 1 N–H and O–H groups in total. The van der Waals surface area contributed by atoms with Crippen LogP contribution in [0.3, 0.4) is 0 Å². The highest BCUT2D eigenvalue weighted by Gasteiger charge is 2.14. The number of anilines is 2. The molecule has 0 saturated carbocycles. The van der Waals surface area contributed by atoms with Gasteiger partial charge in [-0.3, -0.25) is 4.79 Å². The van der Waals surface area contributed by atoms with Crippen LogP contribution < -0.4 is 15.6 Å². The molecule has 0 atom stereocenters. The zero-order valence-corrected chi connectivity index (χ0v) is 14.9. The zero-order chi connectivity index (χ0) is 20.4. The fraction of sp³-hybridized carbons (Fsp3) is 0.158. The van der Waals surface area contributed by atoms with E-state index in [4.69, 9.17) is 4.74 Å². The molecule has 0 amide bonds. The van der Waals surface area contributed by atoms with Crippen molar-refractivity contribution < 1.29 is 22.3 Å². The molecule has 146 valence electrons. The number of methoxy groups -OCH3 is 1. The normalized spacial score (nSPS) is 10.8. The van der Waals surface area contributed by atoms with Crippen LogP contribution in [0, 0.1) is 30.2 Å². The van der Waals surface area contributed by atoms with Crippen LogP contribution in [0.15, 0.2) is 41.3 Å². The van der Waals surface area contributed by atoms with E-state index in [2.05, 4.69) is 10.3 Å². The number of aryl methyl sites for hydroxylation is 1. The fourth-order valence-corrected chi connectivity index (χ4v) is 2.61. The molecule has 0 unspecified atom stereocenters. The molecule has 3 aromatic rings. The molecule has 0 fully saturated rings. The van der Waals surface area contributed by atoms with Crippen LogP contribution in [0.4, 0.5) is 29.2 Å². The number of halogens is 4. The number of nitrogens with zero attached hydrogens (tertiary/aromatic N) is 2. The molecule has 0 aliphatic carbocycles. The predicted molar refractivity (Wildman–Crippen MR) is 94.9 cm³/mol. The molecule has 0 saturated heterocycles. The molecule has 2 aromatic carbocycles. The lowest BCUT2D eigenvalue weighted by Crippen LogP contribution is -2.20. The Kier molecular flexibility index (Phi) is 5.34. The van der Waals surface area contributed by atoms with Crippen molar-refractivity contribution in [2.75, 3.05) is 12.4 Å². The Morgan fingerprint density at radius 3 is 2.36 bits per heavy atom. The second-order valence-corrected chi connectivity index (χ2v) is 6.02. The van der Waals surface area contributed by atoms with Gasteiger partial charge in [0.1, 0.15) is 5.75 Å². The quantitative estimate of drug-likeness (QED) is 0.528. The van der Waals surface area contributed by atoms with Gasteiger partial charge in [-0.05, 0) is 48.4 Å². The molecule has 0 radical (unpaired) electrons. The molecule has 5 nitrogen and oxygen atoms in total. The minimum atomic E-state index is -1.60. The van der Waals surface area contributed by atoms with E-state index in [0.717, 1.165) is 28.5 Å². The van der Waals surface area contributed by atoms with Crippen LogP contribution in [0.1, 0.15) is 11.1 Å². The summed E-state index contributed by atoms with van der Waals surface area (Å²) in [6.45, 7) is 1.53. The fourth-order valence-electron chi connectivity index (χ4n) is 2.61. The summed E-state index contributed by atoms with van der Waals surface area (Å²) in [6.07, 6.45) is 0.857. The van der Waals surface area contributed by atoms with Crippen LogP contribution in [-0.4, -0.2) is 16.7 Å². The monoisotopic (exact) mass is 393 g/mol. The molecule has 9 heteroatoms. The first-order valence-electron chi connectivity index (χ1n) is 8.10. The number of aromatic nitrogens is 2. The Morgan fingerprint density at radius 2 is 1.75 bits per heavy atom. The predicted octanol–water partition coefficient (Wildman–Crippen LogP) is 3.91. The van der Waals surface area contributed by atoms with Gasteiger partial charge in [0, 0.05) is 11.9 Å². The molecule has 0 bridgehead atoms. The van der Waals surface area contributed by atoms with Gasteiger partial charge in [0.2, 0.25) is 11.8 Å². The van der Waals surface area contributed by atoms with Crippen molar-refractivity contribution in [3.05, 3.63) is 81.3 Å². The maximum atomic E-state index is 13.8. The number of benzene rings is 2. The van der Waals surface area contributed by atoms with Gasteiger partial charge >= 0.3 is 5.56 Å². The molecule has 0 aliphatic rings. The Morgan fingerprint density at radius 1 is 1.07 bits per heavy atom.